The van der Waals surface area contributed by atoms with Crippen LogP contribution in [-0.4, -0.2) is 24.1 Å². The molecule has 102 valence electrons. The van der Waals surface area contributed by atoms with Gasteiger partial charge in [0.25, 0.3) is 0 Å². The number of thiazole rings is 1. The summed E-state index contributed by atoms with van der Waals surface area (Å²) >= 11 is 1.80. The number of rotatable bonds is 3. The van der Waals surface area contributed by atoms with Crippen molar-refractivity contribution in [3.05, 3.63) is 29.3 Å². The van der Waals surface area contributed by atoms with Crippen molar-refractivity contribution in [2.45, 2.75) is 32.9 Å². The largest absolute Gasteiger partial charge is 0.316 e. The van der Waals surface area contributed by atoms with Gasteiger partial charge in [-0.1, -0.05) is 26.0 Å². The minimum absolute atomic E-state index is 0.314. The van der Waals surface area contributed by atoms with E-state index >= 15 is 0 Å². The van der Waals surface area contributed by atoms with E-state index < -0.39 is 0 Å². The fraction of sp³-hybridized carbons (Fsp3) is 0.533. The summed E-state index contributed by atoms with van der Waals surface area (Å²) in [6.07, 6.45) is 1.19. The summed E-state index contributed by atoms with van der Waals surface area (Å²) in [7, 11) is 0. The lowest BCUT2D eigenvalue weighted by atomic mass is 9.80. The Morgan fingerprint density at radius 1 is 1.42 bits per heavy atom. The van der Waals surface area contributed by atoms with Crippen LogP contribution in [0, 0.1) is 5.41 Å². The second-order valence-electron chi connectivity index (χ2n) is 5.96. The Bertz CT molecular complexity index is 528. The molecule has 1 aromatic heterocycles. The Labute approximate surface area is 118 Å². The summed E-state index contributed by atoms with van der Waals surface area (Å²) in [6.45, 7) is 7.74. The number of para-hydroxylation sites is 1. The molecule has 1 saturated heterocycles. The first-order chi connectivity index (χ1) is 9.15. The van der Waals surface area contributed by atoms with Gasteiger partial charge in [-0.3, -0.25) is 0 Å². The number of hydrogen-bond acceptors (Lipinski definition) is 4. The van der Waals surface area contributed by atoms with Gasteiger partial charge < -0.3 is 10.6 Å². The van der Waals surface area contributed by atoms with Crippen LogP contribution < -0.4 is 10.6 Å². The quantitative estimate of drug-likeness (QED) is 0.904. The Kier molecular flexibility index (Phi) is 3.56. The predicted molar refractivity (Wildman–Crippen MR) is 81.5 cm³/mol. The second kappa shape index (κ2) is 5.19. The zero-order valence-corrected chi connectivity index (χ0v) is 12.4. The average molecular weight is 275 g/mol. The van der Waals surface area contributed by atoms with Gasteiger partial charge in [0, 0.05) is 19.1 Å². The monoisotopic (exact) mass is 275 g/mol. The fourth-order valence-electron chi connectivity index (χ4n) is 2.76. The van der Waals surface area contributed by atoms with Crippen LogP contribution in [0.25, 0.3) is 10.2 Å². The van der Waals surface area contributed by atoms with Gasteiger partial charge in [0.2, 0.25) is 0 Å². The number of aromatic nitrogens is 1. The maximum atomic E-state index is 4.69. The van der Waals surface area contributed by atoms with Crippen molar-refractivity contribution in [1.82, 2.24) is 15.6 Å². The standard InChI is InChI=1S/C15H21N3S/c1-15(2)10-16-8-7-13(15)17-9-14-18-11-5-3-4-6-12(11)19-14/h3-6,13,16-17H,7-10H2,1-2H3. The summed E-state index contributed by atoms with van der Waals surface area (Å²) < 4.78 is 1.28. The van der Waals surface area contributed by atoms with Crippen molar-refractivity contribution in [3.63, 3.8) is 0 Å². The molecule has 1 aliphatic heterocycles. The van der Waals surface area contributed by atoms with Crippen molar-refractivity contribution in [2.75, 3.05) is 13.1 Å². The number of nitrogens with zero attached hydrogens (tertiary/aromatic N) is 1. The van der Waals surface area contributed by atoms with Gasteiger partial charge in [-0.2, -0.15) is 0 Å². The highest BCUT2D eigenvalue weighted by atomic mass is 32.1. The van der Waals surface area contributed by atoms with Gasteiger partial charge in [0.1, 0.15) is 5.01 Å². The molecule has 1 fully saturated rings. The van der Waals surface area contributed by atoms with E-state index in [-0.39, 0.29) is 0 Å². The molecule has 1 aliphatic rings. The van der Waals surface area contributed by atoms with Gasteiger partial charge in [0.15, 0.2) is 0 Å². The van der Waals surface area contributed by atoms with Crippen molar-refractivity contribution < 1.29 is 0 Å². The van der Waals surface area contributed by atoms with Crippen LogP contribution in [0.4, 0.5) is 0 Å². The first-order valence-electron chi connectivity index (χ1n) is 6.94. The number of fused-ring (bicyclic) bond motifs is 1. The van der Waals surface area contributed by atoms with E-state index in [0.717, 1.165) is 25.2 Å². The van der Waals surface area contributed by atoms with Crippen LogP contribution in [0.3, 0.4) is 0 Å². The van der Waals surface area contributed by atoms with Gasteiger partial charge in [-0.15, -0.1) is 11.3 Å². The first-order valence-corrected chi connectivity index (χ1v) is 7.75. The highest BCUT2D eigenvalue weighted by Crippen LogP contribution is 2.26. The van der Waals surface area contributed by atoms with Crippen LogP contribution in [0.5, 0.6) is 0 Å². The molecule has 4 heteroatoms. The Hall–Kier alpha value is -0.970. The number of hydrogen-bond donors (Lipinski definition) is 2. The molecule has 0 saturated carbocycles. The van der Waals surface area contributed by atoms with Crippen LogP contribution in [0.2, 0.25) is 0 Å². The van der Waals surface area contributed by atoms with Gasteiger partial charge in [0.05, 0.1) is 10.2 Å². The molecular formula is C15H21N3S. The minimum atomic E-state index is 0.314. The number of benzene rings is 1. The summed E-state index contributed by atoms with van der Waals surface area (Å²) in [5.74, 6) is 0. The third kappa shape index (κ3) is 2.81. The molecular weight excluding hydrogens is 254 g/mol. The third-order valence-electron chi connectivity index (χ3n) is 3.97. The Morgan fingerprint density at radius 2 is 2.26 bits per heavy atom. The van der Waals surface area contributed by atoms with Crippen molar-refractivity contribution in [2.24, 2.45) is 5.41 Å². The molecule has 1 atom stereocenters. The van der Waals surface area contributed by atoms with Crippen LogP contribution in [0.1, 0.15) is 25.3 Å². The lowest BCUT2D eigenvalue weighted by Crippen LogP contribution is -2.52. The van der Waals surface area contributed by atoms with E-state index in [1.165, 1.54) is 16.1 Å². The molecule has 1 aromatic carbocycles. The number of nitrogens with one attached hydrogen (secondary N) is 2. The second-order valence-corrected chi connectivity index (χ2v) is 7.08. The van der Waals surface area contributed by atoms with Gasteiger partial charge >= 0.3 is 0 Å². The summed E-state index contributed by atoms with van der Waals surface area (Å²) in [4.78, 5) is 4.69. The SMILES string of the molecule is CC1(C)CNCCC1NCc1nc2ccccc2s1. The predicted octanol–water partition coefficient (Wildman–Crippen LogP) is 2.77. The van der Waals surface area contributed by atoms with Crippen LogP contribution >= 0.6 is 11.3 Å². The van der Waals surface area contributed by atoms with Gasteiger partial charge in [-0.05, 0) is 30.5 Å². The summed E-state index contributed by atoms with van der Waals surface area (Å²) in [5.41, 5.74) is 1.43. The van der Waals surface area contributed by atoms with Crippen LogP contribution in [-0.2, 0) is 6.54 Å². The molecule has 19 heavy (non-hydrogen) atoms. The molecule has 3 nitrogen and oxygen atoms in total. The Balaban J connectivity index is 1.68. The molecule has 2 N–H and O–H groups in total. The van der Waals surface area contributed by atoms with Crippen molar-refractivity contribution >= 4 is 21.6 Å². The van der Waals surface area contributed by atoms with Gasteiger partial charge in [-0.25, -0.2) is 4.98 Å². The fourth-order valence-corrected chi connectivity index (χ4v) is 3.67. The van der Waals surface area contributed by atoms with E-state index in [2.05, 4.69) is 53.7 Å². The Morgan fingerprint density at radius 3 is 3.05 bits per heavy atom. The maximum Gasteiger partial charge on any atom is 0.108 e. The molecule has 0 spiro atoms. The topological polar surface area (TPSA) is 37.0 Å². The van der Waals surface area contributed by atoms with E-state index in [1.54, 1.807) is 11.3 Å². The normalized spacial score (nSPS) is 22.7. The summed E-state index contributed by atoms with van der Waals surface area (Å²) in [5, 5.41) is 8.36. The third-order valence-corrected chi connectivity index (χ3v) is 5.01. The van der Waals surface area contributed by atoms with Crippen molar-refractivity contribution in [1.29, 1.82) is 0 Å². The lowest BCUT2D eigenvalue weighted by molar-refractivity contribution is 0.184. The molecule has 0 radical (unpaired) electrons. The van der Waals surface area contributed by atoms with Crippen molar-refractivity contribution in [3.8, 4) is 0 Å². The minimum Gasteiger partial charge on any atom is -0.316 e. The first kappa shape index (κ1) is 13.0. The molecule has 0 amide bonds. The van der Waals surface area contributed by atoms with E-state index in [0.29, 0.717) is 11.5 Å². The average Bonchev–Trinajstić information content (AvgIpc) is 2.79. The molecule has 0 bridgehead atoms. The summed E-state index contributed by atoms with van der Waals surface area (Å²) in [6, 6.07) is 8.93. The molecule has 2 heterocycles. The zero-order valence-electron chi connectivity index (χ0n) is 11.6. The van der Waals surface area contributed by atoms with E-state index in [4.69, 9.17) is 0 Å². The lowest BCUT2D eigenvalue weighted by Gasteiger charge is -2.39. The van der Waals surface area contributed by atoms with E-state index in [9.17, 15) is 0 Å². The maximum absolute atomic E-state index is 4.69. The smallest absolute Gasteiger partial charge is 0.108 e. The van der Waals surface area contributed by atoms with E-state index in [1.807, 2.05) is 0 Å². The highest BCUT2D eigenvalue weighted by molar-refractivity contribution is 7.18. The zero-order chi connectivity index (χ0) is 13.3. The molecule has 2 aromatic rings. The highest BCUT2D eigenvalue weighted by Gasteiger charge is 2.31. The number of piperidine rings is 1. The molecule has 1 unspecified atom stereocenters. The van der Waals surface area contributed by atoms with Crippen LogP contribution in [0.15, 0.2) is 24.3 Å². The molecule has 0 aliphatic carbocycles. The molecule has 3 rings (SSSR count).